The molecule has 5 heteroatoms. The average Bonchev–Trinajstić information content (AvgIpc) is 2.67. The zero-order valence-corrected chi connectivity index (χ0v) is 11.1. The Kier molecular flexibility index (Phi) is 6.28. The lowest BCUT2D eigenvalue weighted by molar-refractivity contribution is 0.0945. The molecule has 1 rings (SSSR count). The minimum absolute atomic E-state index is 0.0591. The Balaban J connectivity index is 2.16. The molecule has 0 radical (unpaired) electrons. The van der Waals surface area contributed by atoms with Crippen molar-refractivity contribution in [1.82, 2.24) is 9.88 Å². The van der Waals surface area contributed by atoms with E-state index in [1.165, 1.54) is 12.8 Å². The molecular formula is C13H24N4O. The predicted molar refractivity (Wildman–Crippen MR) is 74.3 cm³/mol. The molecule has 0 bridgehead atoms. The Morgan fingerprint density at radius 1 is 1.28 bits per heavy atom. The third-order valence-corrected chi connectivity index (χ3v) is 2.93. The van der Waals surface area contributed by atoms with Gasteiger partial charge in [0, 0.05) is 19.8 Å². The van der Waals surface area contributed by atoms with E-state index in [-0.39, 0.29) is 5.91 Å². The first kappa shape index (κ1) is 14.6. The van der Waals surface area contributed by atoms with Gasteiger partial charge in [0.15, 0.2) is 0 Å². The Bertz CT molecular complexity index is 373. The minimum Gasteiger partial charge on any atom is -0.397 e. The number of hydrogen-bond donors (Lipinski definition) is 3. The van der Waals surface area contributed by atoms with Crippen LogP contribution in [0.2, 0.25) is 0 Å². The third kappa shape index (κ3) is 4.79. The molecule has 5 nitrogen and oxygen atoms in total. The van der Waals surface area contributed by atoms with Crippen LogP contribution in [0.3, 0.4) is 0 Å². The summed E-state index contributed by atoms with van der Waals surface area (Å²) in [7, 11) is 1.82. The first-order valence-electron chi connectivity index (χ1n) is 6.55. The van der Waals surface area contributed by atoms with Crippen LogP contribution in [0.15, 0.2) is 12.3 Å². The fraction of sp³-hybridized carbons (Fsp3) is 0.615. The molecule has 1 heterocycles. The molecule has 0 aliphatic carbocycles. The molecule has 0 fully saturated rings. The average molecular weight is 252 g/mol. The number of aromatic nitrogens is 1. The topological polar surface area (TPSA) is 86.1 Å². The molecule has 0 aromatic carbocycles. The number of nitrogens with one attached hydrogen (secondary N) is 1. The number of hydrogen-bond acceptors (Lipinski definition) is 3. The molecule has 0 atom stereocenters. The van der Waals surface area contributed by atoms with Gasteiger partial charge in [-0.1, -0.05) is 19.3 Å². The van der Waals surface area contributed by atoms with E-state index in [2.05, 4.69) is 5.32 Å². The summed E-state index contributed by atoms with van der Waals surface area (Å²) in [4.78, 5) is 11.8. The van der Waals surface area contributed by atoms with Crippen molar-refractivity contribution in [3.05, 3.63) is 18.0 Å². The normalized spacial score (nSPS) is 10.6. The lowest BCUT2D eigenvalue weighted by atomic mass is 10.1. The number of aryl methyl sites for hydroxylation is 1. The lowest BCUT2D eigenvalue weighted by Gasteiger charge is -2.05. The van der Waals surface area contributed by atoms with Crippen molar-refractivity contribution in [1.29, 1.82) is 0 Å². The molecule has 1 aromatic heterocycles. The summed E-state index contributed by atoms with van der Waals surface area (Å²) in [5.74, 6) is -0.0591. The number of amides is 1. The highest BCUT2D eigenvalue weighted by atomic mass is 16.1. The highest BCUT2D eigenvalue weighted by Crippen LogP contribution is 2.08. The van der Waals surface area contributed by atoms with Gasteiger partial charge in [0.25, 0.3) is 5.91 Å². The largest absolute Gasteiger partial charge is 0.397 e. The van der Waals surface area contributed by atoms with Crippen LogP contribution in [0, 0.1) is 0 Å². The second kappa shape index (κ2) is 7.76. The van der Waals surface area contributed by atoms with E-state index < -0.39 is 0 Å². The van der Waals surface area contributed by atoms with Crippen molar-refractivity contribution in [3.8, 4) is 0 Å². The number of carbonyl (C=O) groups excluding carboxylic acids is 1. The lowest BCUT2D eigenvalue weighted by Crippen LogP contribution is -2.26. The van der Waals surface area contributed by atoms with Crippen molar-refractivity contribution in [3.63, 3.8) is 0 Å². The number of nitrogens with two attached hydrogens (primary N) is 2. The molecule has 0 saturated carbocycles. The summed E-state index contributed by atoms with van der Waals surface area (Å²) in [6.45, 7) is 1.48. The van der Waals surface area contributed by atoms with E-state index in [0.717, 1.165) is 25.8 Å². The van der Waals surface area contributed by atoms with Gasteiger partial charge < -0.3 is 21.4 Å². The molecule has 0 saturated heterocycles. The monoisotopic (exact) mass is 252 g/mol. The Labute approximate surface area is 109 Å². The summed E-state index contributed by atoms with van der Waals surface area (Å²) < 4.78 is 1.74. The van der Waals surface area contributed by atoms with Gasteiger partial charge in [-0.2, -0.15) is 0 Å². The maximum atomic E-state index is 11.8. The molecule has 5 N–H and O–H groups in total. The molecular weight excluding hydrogens is 228 g/mol. The van der Waals surface area contributed by atoms with Crippen molar-refractivity contribution < 1.29 is 4.79 Å². The van der Waals surface area contributed by atoms with Gasteiger partial charge in [-0.25, -0.2) is 0 Å². The van der Waals surface area contributed by atoms with E-state index in [0.29, 0.717) is 17.9 Å². The molecule has 102 valence electrons. The number of unbranched alkanes of at least 4 members (excludes halogenated alkanes) is 4. The van der Waals surface area contributed by atoms with E-state index in [9.17, 15) is 4.79 Å². The van der Waals surface area contributed by atoms with Gasteiger partial charge in [0.2, 0.25) is 0 Å². The van der Waals surface area contributed by atoms with Gasteiger partial charge in [0.05, 0.1) is 5.69 Å². The number of rotatable bonds is 8. The summed E-state index contributed by atoms with van der Waals surface area (Å²) in [5.41, 5.74) is 12.3. The smallest absolute Gasteiger partial charge is 0.267 e. The molecule has 0 unspecified atom stereocenters. The van der Waals surface area contributed by atoms with Crippen LogP contribution in [0.4, 0.5) is 5.69 Å². The van der Waals surface area contributed by atoms with Crippen molar-refractivity contribution in [2.24, 2.45) is 12.8 Å². The fourth-order valence-electron chi connectivity index (χ4n) is 1.91. The van der Waals surface area contributed by atoms with Gasteiger partial charge in [-0.3, -0.25) is 4.79 Å². The van der Waals surface area contributed by atoms with Gasteiger partial charge >= 0.3 is 0 Å². The maximum Gasteiger partial charge on any atom is 0.267 e. The number of nitrogens with zero attached hydrogens (tertiary/aromatic N) is 1. The van der Waals surface area contributed by atoms with Crippen LogP contribution >= 0.6 is 0 Å². The molecule has 1 aromatic rings. The second-order valence-electron chi connectivity index (χ2n) is 4.58. The van der Waals surface area contributed by atoms with E-state index in [1.54, 1.807) is 16.8 Å². The minimum atomic E-state index is -0.0591. The van der Waals surface area contributed by atoms with Crippen LogP contribution in [-0.2, 0) is 7.05 Å². The van der Waals surface area contributed by atoms with Crippen molar-refractivity contribution >= 4 is 11.6 Å². The Morgan fingerprint density at radius 2 is 1.94 bits per heavy atom. The van der Waals surface area contributed by atoms with E-state index >= 15 is 0 Å². The standard InChI is InChI=1S/C13H24N4O/c1-17-10-11(15)9-12(17)13(18)16-8-6-4-2-3-5-7-14/h9-10H,2-8,14-15H2,1H3,(H,16,18). The van der Waals surface area contributed by atoms with E-state index in [4.69, 9.17) is 11.5 Å². The SMILES string of the molecule is Cn1cc(N)cc1C(=O)NCCCCCCCN. The molecule has 0 spiro atoms. The fourth-order valence-corrected chi connectivity index (χ4v) is 1.91. The first-order chi connectivity index (χ1) is 8.65. The maximum absolute atomic E-state index is 11.8. The van der Waals surface area contributed by atoms with Gasteiger partial charge in [-0.05, 0) is 25.5 Å². The zero-order chi connectivity index (χ0) is 13.4. The molecule has 0 aliphatic heterocycles. The quantitative estimate of drug-likeness (QED) is 0.608. The summed E-state index contributed by atoms with van der Waals surface area (Å²) >= 11 is 0. The van der Waals surface area contributed by atoms with Crippen LogP contribution in [-0.4, -0.2) is 23.6 Å². The van der Waals surface area contributed by atoms with Gasteiger partial charge in [-0.15, -0.1) is 0 Å². The van der Waals surface area contributed by atoms with Crippen LogP contribution in [0.5, 0.6) is 0 Å². The highest BCUT2D eigenvalue weighted by Gasteiger charge is 2.09. The molecule has 18 heavy (non-hydrogen) atoms. The predicted octanol–water partition coefficient (Wildman–Crippen LogP) is 1.25. The highest BCUT2D eigenvalue weighted by molar-refractivity contribution is 5.93. The molecule has 0 aliphatic rings. The van der Waals surface area contributed by atoms with Crippen LogP contribution in [0.25, 0.3) is 0 Å². The Morgan fingerprint density at radius 3 is 2.56 bits per heavy atom. The Hall–Kier alpha value is -1.49. The number of nitrogen functional groups attached to an aromatic ring is 1. The van der Waals surface area contributed by atoms with Crippen LogP contribution in [0.1, 0.15) is 42.6 Å². The van der Waals surface area contributed by atoms with Crippen molar-refractivity contribution in [2.75, 3.05) is 18.8 Å². The summed E-state index contributed by atoms with van der Waals surface area (Å²) in [6.07, 6.45) is 7.34. The zero-order valence-electron chi connectivity index (χ0n) is 11.1. The number of anilines is 1. The summed E-state index contributed by atoms with van der Waals surface area (Å²) in [5, 5.41) is 2.90. The summed E-state index contributed by atoms with van der Waals surface area (Å²) in [6, 6.07) is 1.69. The van der Waals surface area contributed by atoms with Crippen LogP contribution < -0.4 is 16.8 Å². The first-order valence-corrected chi connectivity index (χ1v) is 6.55. The van der Waals surface area contributed by atoms with E-state index in [1.807, 2.05) is 7.05 Å². The third-order valence-electron chi connectivity index (χ3n) is 2.93. The second-order valence-corrected chi connectivity index (χ2v) is 4.58. The number of carbonyl (C=O) groups is 1. The van der Waals surface area contributed by atoms with Crippen molar-refractivity contribution in [2.45, 2.75) is 32.1 Å². The molecule has 1 amide bonds. The van der Waals surface area contributed by atoms with Gasteiger partial charge in [0.1, 0.15) is 5.69 Å².